The van der Waals surface area contributed by atoms with Crippen LogP contribution in [0.3, 0.4) is 0 Å². The number of carbonyl (C=O) groups is 1. The molecule has 1 aliphatic heterocycles. The monoisotopic (exact) mass is 302 g/mol. The summed E-state index contributed by atoms with van der Waals surface area (Å²) in [5.74, 6) is 0. The molecule has 0 bridgehead atoms. The normalized spacial score (nSPS) is 14.2. The Balaban J connectivity index is 2.15. The molecule has 0 spiro atoms. The number of hydrogen-bond donors (Lipinski definition) is 0. The summed E-state index contributed by atoms with van der Waals surface area (Å²) < 4.78 is 42.7. The van der Waals surface area contributed by atoms with Crippen molar-refractivity contribution >= 4 is 11.7 Å². The number of fused-ring (bicyclic) bond motifs is 1. The predicted molar refractivity (Wildman–Crippen MR) is 72.4 cm³/mol. The molecule has 7 heteroatoms. The molecule has 2 amide bonds. The van der Waals surface area contributed by atoms with Crippen LogP contribution in [0.5, 0.6) is 0 Å². The minimum absolute atomic E-state index is 0.0668. The number of benzene rings is 1. The Hall–Kier alpha value is -1.76. The topological polar surface area (TPSA) is 32.8 Å². The fourth-order valence-electron chi connectivity index (χ4n) is 2.37. The number of rotatable bonds is 4. The van der Waals surface area contributed by atoms with Gasteiger partial charge in [0, 0.05) is 25.9 Å². The molecule has 1 aromatic carbocycles. The molecule has 2 rings (SSSR count). The molecule has 0 N–H and O–H groups in total. The summed E-state index contributed by atoms with van der Waals surface area (Å²) in [6, 6.07) is 6.63. The number of anilines is 1. The van der Waals surface area contributed by atoms with E-state index >= 15 is 0 Å². The van der Waals surface area contributed by atoms with Crippen molar-refractivity contribution in [3.05, 3.63) is 29.8 Å². The van der Waals surface area contributed by atoms with Gasteiger partial charge in [-0.15, -0.1) is 0 Å². The van der Waals surface area contributed by atoms with Crippen LogP contribution < -0.4 is 4.90 Å². The van der Waals surface area contributed by atoms with Gasteiger partial charge in [-0.3, -0.25) is 4.90 Å². The molecule has 116 valence electrons. The highest BCUT2D eigenvalue weighted by Crippen LogP contribution is 2.29. The van der Waals surface area contributed by atoms with Gasteiger partial charge in [0.25, 0.3) is 0 Å². The van der Waals surface area contributed by atoms with E-state index in [-0.39, 0.29) is 13.2 Å². The Labute approximate surface area is 121 Å². The second-order valence-electron chi connectivity index (χ2n) is 4.84. The van der Waals surface area contributed by atoms with E-state index in [1.807, 2.05) is 12.1 Å². The minimum atomic E-state index is -4.43. The quantitative estimate of drug-likeness (QED) is 0.856. The van der Waals surface area contributed by atoms with E-state index in [1.165, 1.54) is 12.0 Å². The molecule has 0 saturated heterocycles. The average molecular weight is 302 g/mol. The lowest BCUT2D eigenvalue weighted by molar-refractivity contribution is -0.140. The van der Waals surface area contributed by atoms with Gasteiger partial charge >= 0.3 is 12.2 Å². The van der Waals surface area contributed by atoms with Gasteiger partial charge in [-0.1, -0.05) is 18.2 Å². The Morgan fingerprint density at radius 3 is 2.76 bits per heavy atom. The van der Waals surface area contributed by atoms with Gasteiger partial charge in [-0.05, 0) is 18.1 Å². The molecule has 0 fully saturated rings. The average Bonchev–Trinajstić information content (AvgIpc) is 2.85. The van der Waals surface area contributed by atoms with E-state index in [4.69, 9.17) is 4.74 Å². The van der Waals surface area contributed by atoms with Crippen molar-refractivity contribution in [1.82, 2.24) is 4.90 Å². The van der Waals surface area contributed by atoms with Crippen LogP contribution in [0.2, 0.25) is 0 Å². The summed E-state index contributed by atoms with van der Waals surface area (Å²) in [5.41, 5.74) is 1.66. The number of hydrogen-bond acceptors (Lipinski definition) is 2. The molecule has 1 aliphatic rings. The lowest BCUT2D eigenvalue weighted by Crippen LogP contribution is -2.47. The van der Waals surface area contributed by atoms with Crippen molar-refractivity contribution in [1.29, 1.82) is 0 Å². The molecule has 21 heavy (non-hydrogen) atoms. The van der Waals surface area contributed by atoms with Gasteiger partial charge in [0.2, 0.25) is 0 Å². The van der Waals surface area contributed by atoms with Crippen LogP contribution in [0.1, 0.15) is 5.56 Å². The number of urea groups is 1. The molecular formula is C14H17F3N2O2. The van der Waals surface area contributed by atoms with Gasteiger partial charge in [0.15, 0.2) is 0 Å². The first-order chi connectivity index (χ1) is 9.92. The fraction of sp³-hybridized carbons (Fsp3) is 0.500. The van der Waals surface area contributed by atoms with Crippen molar-refractivity contribution in [3.63, 3.8) is 0 Å². The van der Waals surface area contributed by atoms with Crippen molar-refractivity contribution in [2.45, 2.75) is 12.6 Å². The third kappa shape index (κ3) is 3.87. The SMILES string of the molecule is COCCN(CC(F)(F)F)C(=O)N1CCc2ccccc21. The van der Waals surface area contributed by atoms with Gasteiger partial charge in [-0.25, -0.2) is 4.79 Å². The first kappa shape index (κ1) is 15.6. The number of carbonyl (C=O) groups excluding carboxylic acids is 1. The molecule has 4 nitrogen and oxygen atoms in total. The highest BCUT2D eigenvalue weighted by molar-refractivity contribution is 5.94. The van der Waals surface area contributed by atoms with E-state index in [1.54, 1.807) is 12.1 Å². The van der Waals surface area contributed by atoms with E-state index in [9.17, 15) is 18.0 Å². The number of halogens is 3. The van der Waals surface area contributed by atoms with Crippen LogP contribution in [0.25, 0.3) is 0 Å². The third-order valence-corrected chi connectivity index (χ3v) is 3.32. The number of alkyl halides is 3. The van der Waals surface area contributed by atoms with Crippen molar-refractivity contribution in [2.24, 2.45) is 0 Å². The summed E-state index contributed by atoms with van der Waals surface area (Å²) in [5, 5.41) is 0. The highest BCUT2D eigenvalue weighted by atomic mass is 19.4. The third-order valence-electron chi connectivity index (χ3n) is 3.32. The maximum atomic E-state index is 12.6. The van der Waals surface area contributed by atoms with Gasteiger partial charge in [0.1, 0.15) is 6.54 Å². The zero-order chi connectivity index (χ0) is 15.5. The van der Waals surface area contributed by atoms with Crippen molar-refractivity contribution in [3.8, 4) is 0 Å². The lowest BCUT2D eigenvalue weighted by Gasteiger charge is -2.29. The number of para-hydroxylation sites is 1. The Kier molecular flexibility index (Phi) is 4.72. The van der Waals surface area contributed by atoms with Crippen LogP contribution in [0.4, 0.5) is 23.7 Å². The minimum Gasteiger partial charge on any atom is -0.383 e. The van der Waals surface area contributed by atoms with Crippen LogP contribution in [-0.2, 0) is 11.2 Å². The maximum absolute atomic E-state index is 12.6. The summed E-state index contributed by atoms with van der Waals surface area (Å²) >= 11 is 0. The van der Waals surface area contributed by atoms with Crippen LogP contribution in [0.15, 0.2) is 24.3 Å². The first-order valence-corrected chi connectivity index (χ1v) is 6.62. The summed E-state index contributed by atoms with van der Waals surface area (Å²) in [7, 11) is 1.39. The van der Waals surface area contributed by atoms with E-state index < -0.39 is 18.8 Å². The summed E-state index contributed by atoms with van der Waals surface area (Å²) in [6.45, 7) is -0.891. The summed E-state index contributed by atoms with van der Waals surface area (Å²) in [6.07, 6.45) is -3.77. The number of methoxy groups -OCH3 is 1. The Morgan fingerprint density at radius 1 is 1.38 bits per heavy atom. The van der Waals surface area contributed by atoms with Gasteiger partial charge < -0.3 is 9.64 Å². The molecule has 0 aromatic heterocycles. The van der Waals surface area contributed by atoms with Gasteiger partial charge in [0.05, 0.1) is 6.61 Å². The second kappa shape index (κ2) is 6.34. The lowest BCUT2D eigenvalue weighted by atomic mass is 10.2. The first-order valence-electron chi connectivity index (χ1n) is 6.62. The largest absolute Gasteiger partial charge is 0.406 e. The predicted octanol–water partition coefficient (Wildman–Crippen LogP) is 2.68. The molecule has 1 aromatic rings. The molecule has 0 unspecified atom stereocenters. The zero-order valence-electron chi connectivity index (χ0n) is 11.7. The van der Waals surface area contributed by atoms with Crippen LogP contribution in [-0.4, -0.2) is 50.5 Å². The summed E-state index contributed by atoms with van der Waals surface area (Å²) in [4.78, 5) is 14.6. The standard InChI is InChI=1S/C14H17F3N2O2/c1-21-9-8-18(10-14(15,16)17)13(20)19-7-6-11-4-2-3-5-12(11)19/h2-5H,6-10H2,1H3. The maximum Gasteiger partial charge on any atom is 0.406 e. The van der Waals surface area contributed by atoms with E-state index in [2.05, 4.69) is 0 Å². The zero-order valence-corrected chi connectivity index (χ0v) is 11.7. The van der Waals surface area contributed by atoms with E-state index in [0.29, 0.717) is 18.7 Å². The molecular weight excluding hydrogens is 285 g/mol. The smallest absolute Gasteiger partial charge is 0.383 e. The number of amides is 2. The number of ether oxygens (including phenoxy) is 1. The second-order valence-corrected chi connectivity index (χ2v) is 4.84. The van der Waals surface area contributed by atoms with Crippen LogP contribution >= 0.6 is 0 Å². The van der Waals surface area contributed by atoms with Crippen molar-refractivity contribution < 1.29 is 22.7 Å². The Bertz CT molecular complexity index is 505. The molecule has 1 heterocycles. The Morgan fingerprint density at radius 2 is 2.10 bits per heavy atom. The number of nitrogens with zero attached hydrogens (tertiary/aromatic N) is 2. The molecule has 0 aliphatic carbocycles. The van der Waals surface area contributed by atoms with Crippen LogP contribution in [0, 0.1) is 0 Å². The van der Waals surface area contributed by atoms with Crippen molar-refractivity contribution in [2.75, 3.05) is 38.3 Å². The highest BCUT2D eigenvalue weighted by Gasteiger charge is 2.36. The fourth-order valence-corrected chi connectivity index (χ4v) is 2.37. The molecule has 0 saturated carbocycles. The molecule has 0 radical (unpaired) electrons. The van der Waals surface area contributed by atoms with E-state index in [0.717, 1.165) is 10.5 Å². The molecule has 0 atom stereocenters. The van der Waals surface area contributed by atoms with Gasteiger partial charge in [-0.2, -0.15) is 13.2 Å².